The first kappa shape index (κ1) is 23.2. The van der Waals surface area contributed by atoms with Gasteiger partial charge in [0, 0.05) is 55.7 Å². The van der Waals surface area contributed by atoms with Crippen LogP contribution in [0.25, 0.3) is 0 Å². The molecule has 0 bridgehead atoms. The van der Waals surface area contributed by atoms with Crippen molar-refractivity contribution < 1.29 is 18.8 Å². The molecule has 1 aliphatic heterocycles. The standard InChI is InChI=1S/C25H25FN4O4/c26-22-6-2-1-5-19(22)17-28-13-15-29(16-14-28)21-11-9-20(10-12-21)27-25(31)18-34-24-8-4-3-7-23(24)30(32)33/h1-12H,13-18H2,(H,27,31). The monoisotopic (exact) mass is 464 g/mol. The molecular formula is C25H25FN4O4. The van der Waals surface area contributed by atoms with Gasteiger partial charge in [-0.3, -0.25) is 19.8 Å². The van der Waals surface area contributed by atoms with E-state index in [1.807, 2.05) is 36.4 Å². The molecule has 1 fully saturated rings. The quantitative estimate of drug-likeness (QED) is 0.399. The summed E-state index contributed by atoms with van der Waals surface area (Å²) in [5.41, 5.74) is 2.17. The van der Waals surface area contributed by atoms with Gasteiger partial charge in [-0.05, 0) is 36.4 Å². The van der Waals surface area contributed by atoms with Gasteiger partial charge in [0.1, 0.15) is 5.82 Å². The molecule has 1 aliphatic rings. The Morgan fingerprint density at radius 3 is 2.35 bits per heavy atom. The Hall–Kier alpha value is -3.98. The maximum Gasteiger partial charge on any atom is 0.310 e. The number of nitro benzene ring substituents is 1. The van der Waals surface area contributed by atoms with E-state index in [2.05, 4.69) is 15.1 Å². The van der Waals surface area contributed by atoms with Crippen LogP contribution in [0.2, 0.25) is 0 Å². The van der Waals surface area contributed by atoms with Gasteiger partial charge < -0.3 is 15.0 Å². The Morgan fingerprint density at radius 2 is 1.65 bits per heavy atom. The zero-order valence-electron chi connectivity index (χ0n) is 18.5. The number of nitrogens with one attached hydrogen (secondary N) is 1. The van der Waals surface area contributed by atoms with Crippen LogP contribution in [0.1, 0.15) is 5.56 Å². The van der Waals surface area contributed by atoms with Gasteiger partial charge in [0.15, 0.2) is 12.4 Å². The van der Waals surface area contributed by atoms with Crippen LogP contribution < -0.4 is 15.0 Å². The first-order valence-electron chi connectivity index (χ1n) is 11.0. The van der Waals surface area contributed by atoms with E-state index in [4.69, 9.17) is 4.74 Å². The lowest BCUT2D eigenvalue weighted by atomic mass is 10.1. The molecular weight excluding hydrogens is 439 g/mol. The summed E-state index contributed by atoms with van der Waals surface area (Å²) in [5, 5.41) is 13.8. The molecule has 34 heavy (non-hydrogen) atoms. The molecule has 0 aliphatic carbocycles. The minimum absolute atomic E-state index is 0.0483. The number of piperazine rings is 1. The van der Waals surface area contributed by atoms with Gasteiger partial charge in [-0.25, -0.2) is 4.39 Å². The number of carbonyl (C=O) groups excluding carboxylic acids is 1. The van der Waals surface area contributed by atoms with Gasteiger partial charge in [0.2, 0.25) is 0 Å². The number of hydrogen-bond donors (Lipinski definition) is 1. The molecule has 176 valence electrons. The van der Waals surface area contributed by atoms with E-state index in [1.165, 1.54) is 24.3 Å². The number of anilines is 2. The molecule has 4 rings (SSSR count). The zero-order valence-corrected chi connectivity index (χ0v) is 18.5. The summed E-state index contributed by atoms with van der Waals surface area (Å²) in [6.45, 7) is 3.57. The predicted octanol–water partition coefficient (Wildman–Crippen LogP) is 4.07. The molecule has 1 heterocycles. The number of benzene rings is 3. The lowest BCUT2D eigenvalue weighted by Gasteiger charge is -2.36. The van der Waals surface area contributed by atoms with Gasteiger partial charge >= 0.3 is 5.69 Å². The van der Waals surface area contributed by atoms with Crippen molar-refractivity contribution in [2.75, 3.05) is 43.0 Å². The molecule has 0 saturated carbocycles. The van der Waals surface area contributed by atoms with Crippen LogP contribution in [0.3, 0.4) is 0 Å². The molecule has 1 saturated heterocycles. The number of nitrogens with zero attached hydrogens (tertiary/aromatic N) is 3. The largest absolute Gasteiger partial charge is 0.477 e. The van der Waals surface area contributed by atoms with Crippen LogP contribution in [0, 0.1) is 15.9 Å². The Bertz CT molecular complexity index is 1150. The van der Waals surface area contributed by atoms with Crippen molar-refractivity contribution >= 4 is 23.0 Å². The number of nitro groups is 1. The van der Waals surface area contributed by atoms with Crippen LogP contribution in [0.4, 0.5) is 21.5 Å². The summed E-state index contributed by atoms with van der Waals surface area (Å²) >= 11 is 0. The SMILES string of the molecule is O=C(COc1ccccc1[N+](=O)[O-])Nc1ccc(N2CCN(Cc3ccccc3F)CC2)cc1. The van der Waals surface area contributed by atoms with Crippen molar-refractivity contribution in [2.45, 2.75) is 6.54 Å². The Kier molecular flexibility index (Phi) is 7.34. The summed E-state index contributed by atoms with van der Waals surface area (Å²) in [6.07, 6.45) is 0. The fraction of sp³-hybridized carbons (Fsp3) is 0.240. The van der Waals surface area contributed by atoms with E-state index >= 15 is 0 Å². The van der Waals surface area contributed by atoms with E-state index in [-0.39, 0.29) is 23.9 Å². The molecule has 0 unspecified atom stereocenters. The van der Waals surface area contributed by atoms with Crippen LogP contribution in [0.15, 0.2) is 72.8 Å². The first-order chi connectivity index (χ1) is 16.5. The molecule has 1 N–H and O–H groups in total. The third-order valence-electron chi connectivity index (χ3n) is 5.66. The number of para-hydroxylation sites is 2. The number of rotatable bonds is 8. The fourth-order valence-corrected chi connectivity index (χ4v) is 3.86. The van der Waals surface area contributed by atoms with Crippen molar-refractivity contribution in [1.29, 1.82) is 0 Å². The molecule has 0 atom stereocenters. The highest BCUT2D eigenvalue weighted by Crippen LogP contribution is 2.26. The van der Waals surface area contributed by atoms with Crippen molar-refractivity contribution in [3.05, 3.63) is 94.3 Å². The van der Waals surface area contributed by atoms with Gasteiger partial charge in [0.05, 0.1) is 4.92 Å². The highest BCUT2D eigenvalue weighted by molar-refractivity contribution is 5.92. The van der Waals surface area contributed by atoms with Crippen LogP contribution >= 0.6 is 0 Å². The Morgan fingerprint density at radius 1 is 0.971 bits per heavy atom. The van der Waals surface area contributed by atoms with Crippen LogP contribution in [0.5, 0.6) is 5.75 Å². The Balaban J connectivity index is 1.25. The maximum atomic E-state index is 13.9. The van der Waals surface area contributed by atoms with Gasteiger partial charge in [-0.2, -0.15) is 0 Å². The summed E-state index contributed by atoms with van der Waals surface area (Å²) in [6, 6.07) is 20.3. The molecule has 0 aromatic heterocycles. The zero-order chi connectivity index (χ0) is 23.9. The minimum Gasteiger partial charge on any atom is -0.477 e. The average Bonchev–Trinajstić information content (AvgIpc) is 2.85. The molecule has 0 radical (unpaired) electrons. The summed E-state index contributed by atoms with van der Waals surface area (Å²) in [4.78, 5) is 27.2. The van der Waals surface area contributed by atoms with Gasteiger partial charge in [-0.1, -0.05) is 30.3 Å². The first-order valence-corrected chi connectivity index (χ1v) is 11.0. The van der Waals surface area contributed by atoms with E-state index in [0.717, 1.165) is 31.9 Å². The number of hydrogen-bond acceptors (Lipinski definition) is 6. The van der Waals surface area contributed by atoms with E-state index in [9.17, 15) is 19.3 Å². The second-order valence-electron chi connectivity index (χ2n) is 7.96. The molecule has 0 spiro atoms. The van der Waals surface area contributed by atoms with E-state index < -0.39 is 10.8 Å². The number of carbonyl (C=O) groups is 1. The molecule has 9 heteroatoms. The molecule has 1 amide bonds. The lowest BCUT2D eigenvalue weighted by Crippen LogP contribution is -2.46. The van der Waals surface area contributed by atoms with Crippen molar-refractivity contribution in [2.24, 2.45) is 0 Å². The van der Waals surface area contributed by atoms with Crippen LogP contribution in [-0.2, 0) is 11.3 Å². The normalized spacial score (nSPS) is 14.0. The summed E-state index contributed by atoms with van der Waals surface area (Å²) in [7, 11) is 0. The van der Waals surface area contributed by atoms with Crippen molar-refractivity contribution in [3.63, 3.8) is 0 Å². The predicted molar refractivity (Wildman–Crippen MR) is 128 cm³/mol. The summed E-state index contributed by atoms with van der Waals surface area (Å²) < 4.78 is 19.2. The third kappa shape index (κ3) is 5.87. The Labute approximate surface area is 196 Å². The highest BCUT2D eigenvalue weighted by Gasteiger charge is 2.19. The maximum absolute atomic E-state index is 13.9. The number of amides is 1. The fourth-order valence-electron chi connectivity index (χ4n) is 3.86. The highest BCUT2D eigenvalue weighted by atomic mass is 19.1. The van der Waals surface area contributed by atoms with Crippen molar-refractivity contribution in [1.82, 2.24) is 4.90 Å². The van der Waals surface area contributed by atoms with Crippen LogP contribution in [-0.4, -0.2) is 48.5 Å². The smallest absolute Gasteiger partial charge is 0.310 e. The van der Waals surface area contributed by atoms with Gasteiger partial charge in [0.25, 0.3) is 5.91 Å². The summed E-state index contributed by atoms with van der Waals surface area (Å²) in [5.74, 6) is -0.533. The molecule has 8 nitrogen and oxygen atoms in total. The van der Waals surface area contributed by atoms with Gasteiger partial charge in [-0.15, -0.1) is 0 Å². The number of ether oxygens (including phenoxy) is 1. The average molecular weight is 464 g/mol. The second kappa shape index (κ2) is 10.8. The third-order valence-corrected chi connectivity index (χ3v) is 5.66. The lowest BCUT2D eigenvalue weighted by molar-refractivity contribution is -0.385. The van der Waals surface area contributed by atoms with Crippen molar-refractivity contribution in [3.8, 4) is 5.75 Å². The molecule has 3 aromatic rings. The van der Waals surface area contributed by atoms with E-state index in [1.54, 1.807) is 12.1 Å². The topological polar surface area (TPSA) is 87.9 Å². The minimum atomic E-state index is -0.550. The van der Waals surface area contributed by atoms with E-state index in [0.29, 0.717) is 17.8 Å². The number of halogens is 1. The second-order valence-corrected chi connectivity index (χ2v) is 7.96. The molecule has 3 aromatic carbocycles.